The highest BCUT2D eigenvalue weighted by atomic mass is 32.1. The van der Waals surface area contributed by atoms with E-state index in [0.717, 1.165) is 50.5 Å². The number of thiophene rings is 1. The summed E-state index contributed by atoms with van der Waals surface area (Å²) in [6.45, 7) is 7.89. The molecule has 0 radical (unpaired) electrons. The van der Waals surface area contributed by atoms with Gasteiger partial charge >= 0.3 is 0 Å². The van der Waals surface area contributed by atoms with Crippen molar-refractivity contribution in [2.75, 3.05) is 20.1 Å². The minimum absolute atomic E-state index is 0.103. The fourth-order valence-electron chi connectivity index (χ4n) is 4.50. The lowest BCUT2D eigenvalue weighted by Gasteiger charge is -2.13. The van der Waals surface area contributed by atoms with Gasteiger partial charge in [0.2, 0.25) is 0 Å². The molecule has 1 fully saturated rings. The number of carbonyl (C=O) groups is 1. The Hall–Kier alpha value is -3.18. The van der Waals surface area contributed by atoms with Crippen LogP contribution in [0, 0.1) is 18.9 Å². The zero-order chi connectivity index (χ0) is 21.7. The van der Waals surface area contributed by atoms with Crippen LogP contribution in [0.15, 0.2) is 24.7 Å². The Morgan fingerprint density at radius 2 is 2.23 bits per heavy atom. The number of rotatable bonds is 3. The van der Waals surface area contributed by atoms with Gasteiger partial charge in [0.1, 0.15) is 12.2 Å². The summed E-state index contributed by atoms with van der Waals surface area (Å²) in [5.41, 5.74) is 6.36. The standard InChI is InChI=1S/C23H24N6OS/c1-13(2)19-20(16-7-14(3)22-25-12-26-29(22)11-16)27-17-8-18(31-21(17)19)23(30)28-6-5-15(10-28)9-24-4/h7-8,11-13,15H,5-6,10H2,1-4H3/p+1. The molecule has 4 aromatic heterocycles. The van der Waals surface area contributed by atoms with Crippen LogP contribution in [0.1, 0.15) is 47.0 Å². The Labute approximate surface area is 184 Å². The summed E-state index contributed by atoms with van der Waals surface area (Å²) in [5.74, 6) is 0.654. The smallest absolute Gasteiger partial charge is 0.277 e. The van der Waals surface area contributed by atoms with Crippen molar-refractivity contribution >= 4 is 33.1 Å². The number of amides is 1. The third-order valence-electron chi connectivity index (χ3n) is 5.93. The number of nitrogens with one attached hydrogen (secondary N) is 1. The fourth-order valence-corrected chi connectivity index (χ4v) is 5.78. The first-order valence-corrected chi connectivity index (χ1v) is 11.4. The van der Waals surface area contributed by atoms with Gasteiger partial charge in [0, 0.05) is 24.8 Å². The lowest BCUT2D eigenvalue weighted by atomic mass is 9.99. The van der Waals surface area contributed by atoms with Gasteiger partial charge in [-0.25, -0.2) is 9.50 Å². The molecule has 4 aromatic rings. The van der Waals surface area contributed by atoms with Gasteiger partial charge in [-0.2, -0.15) is 5.10 Å². The fraction of sp³-hybridized carbons (Fsp3) is 0.391. The number of hydrogen-bond acceptors (Lipinski definition) is 4. The van der Waals surface area contributed by atoms with Gasteiger partial charge < -0.3 is 9.88 Å². The number of carbonyl (C=O) groups excluding carboxylic acids is 1. The first-order chi connectivity index (χ1) is 15.0. The van der Waals surface area contributed by atoms with Crippen LogP contribution in [0.5, 0.6) is 0 Å². The molecule has 0 aromatic carbocycles. The monoisotopic (exact) mass is 433 g/mol. The molecule has 1 unspecified atom stereocenters. The van der Waals surface area contributed by atoms with Gasteiger partial charge in [0.15, 0.2) is 5.65 Å². The summed E-state index contributed by atoms with van der Waals surface area (Å²) in [5, 5.41) is 4.31. The van der Waals surface area contributed by atoms with Crippen molar-refractivity contribution in [3.8, 4) is 17.3 Å². The zero-order valence-electron chi connectivity index (χ0n) is 18.1. The molecule has 31 heavy (non-hydrogen) atoms. The van der Waals surface area contributed by atoms with Crippen LogP contribution in [0.4, 0.5) is 0 Å². The molecule has 1 aliphatic heterocycles. The highest BCUT2D eigenvalue weighted by Crippen LogP contribution is 2.40. The average molecular weight is 434 g/mol. The molecule has 5 rings (SSSR count). The van der Waals surface area contributed by atoms with Crippen LogP contribution in [0.25, 0.3) is 32.0 Å². The van der Waals surface area contributed by atoms with Crippen LogP contribution in [-0.2, 0) is 0 Å². The van der Waals surface area contributed by atoms with E-state index in [1.807, 2.05) is 21.7 Å². The van der Waals surface area contributed by atoms with Gasteiger partial charge in [-0.3, -0.25) is 4.79 Å². The zero-order valence-corrected chi connectivity index (χ0v) is 19.0. The number of hydrogen-bond donors (Lipinski definition) is 1. The number of nitrogens with zero attached hydrogens (tertiary/aromatic N) is 5. The first-order valence-electron chi connectivity index (χ1n) is 10.6. The number of aromatic nitrogens is 4. The van der Waals surface area contributed by atoms with Crippen molar-refractivity contribution in [2.24, 2.45) is 5.92 Å². The van der Waals surface area contributed by atoms with Gasteiger partial charge in [-0.15, -0.1) is 11.3 Å². The molecular weight excluding hydrogens is 408 g/mol. The normalized spacial score (nSPS) is 16.4. The molecule has 1 atom stereocenters. The second-order valence-corrected chi connectivity index (χ2v) is 9.50. The van der Waals surface area contributed by atoms with Gasteiger partial charge in [-0.1, -0.05) is 18.7 Å². The largest absolute Gasteiger partial charge is 0.354 e. The Kier molecular flexibility index (Phi) is 4.78. The maximum atomic E-state index is 13.1. The van der Waals surface area contributed by atoms with Crippen molar-refractivity contribution in [1.82, 2.24) is 24.5 Å². The van der Waals surface area contributed by atoms with E-state index in [0.29, 0.717) is 12.5 Å². The van der Waals surface area contributed by atoms with Gasteiger partial charge in [0.25, 0.3) is 19.0 Å². The Morgan fingerprint density at radius 1 is 1.39 bits per heavy atom. The van der Waals surface area contributed by atoms with Crippen LogP contribution >= 0.6 is 11.3 Å². The van der Waals surface area contributed by atoms with E-state index in [9.17, 15) is 4.79 Å². The van der Waals surface area contributed by atoms with Crippen LogP contribution in [0.2, 0.25) is 0 Å². The molecule has 0 bridgehead atoms. The lowest BCUT2D eigenvalue weighted by molar-refractivity contribution is 0.0794. The minimum Gasteiger partial charge on any atom is -0.354 e. The molecule has 1 N–H and O–H groups in total. The molecule has 0 saturated carbocycles. The Morgan fingerprint density at radius 3 is 3.00 bits per heavy atom. The van der Waals surface area contributed by atoms with E-state index >= 15 is 0 Å². The highest BCUT2D eigenvalue weighted by molar-refractivity contribution is 7.21. The van der Waals surface area contributed by atoms with Crippen LogP contribution in [-0.4, -0.2) is 50.5 Å². The summed E-state index contributed by atoms with van der Waals surface area (Å²) in [7, 11) is 1.74. The summed E-state index contributed by atoms with van der Waals surface area (Å²) in [6.07, 6.45) is 4.52. The Balaban J connectivity index is 1.54. The third-order valence-corrected chi connectivity index (χ3v) is 7.09. The highest BCUT2D eigenvalue weighted by Gasteiger charge is 2.30. The van der Waals surface area contributed by atoms with E-state index in [-0.39, 0.29) is 11.8 Å². The van der Waals surface area contributed by atoms with Gasteiger partial charge in [0.05, 0.1) is 20.8 Å². The van der Waals surface area contributed by atoms with Crippen molar-refractivity contribution in [1.29, 1.82) is 0 Å². The maximum Gasteiger partial charge on any atom is 0.277 e. The lowest BCUT2D eigenvalue weighted by Crippen LogP contribution is -2.27. The van der Waals surface area contributed by atoms with E-state index in [4.69, 9.17) is 0 Å². The van der Waals surface area contributed by atoms with E-state index in [1.165, 1.54) is 5.56 Å². The predicted octanol–water partition coefficient (Wildman–Crippen LogP) is 4.80. The number of H-pyrrole nitrogens is 1. The number of fused-ring (bicyclic) bond motifs is 2. The minimum atomic E-state index is 0.103. The topological polar surface area (TPSA) is 70.7 Å². The number of aryl methyl sites for hydroxylation is 1. The van der Waals surface area contributed by atoms with Crippen LogP contribution in [0.3, 0.4) is 0 Å². The summed E-state index contributed by atoms with van der Waals surface area (Å²) >= 11 is 1.59. The molecule has 158 valence electrons. The molecule has 1 aliphatic rings. The quantitative estimate of drug-likeness (QED) is 0.505. The second-order valence-electron chi connectivity index (χ2n) is 8.45. The summed E-state index contributed by atoms with van der Waals surface area (Å²) < 4.78 is 2.97. The third kappa shape index (κ3) is 3.29. The van der Waals surface area contributed by atoms with Crippen molar-refractivity contribution in [3.05, 3.63) is 45.5 Å². The van der Waals surface area contributed by atoms with Crippen molar-refractivity contribution in [2.45, 2.75) is 33.1 Å². The number of pyridine rings is 1. The van der Waals surface area contributed by atoms with E-state index < -0.39 is 0 Å². The molecule has 1 saturated heterocycles. The van der Waals surface area contributed by atoms with E-state index in [1.54, 1.807) is 24.7 Å². The second kappa shape index (κ2) is 7.50. The van der Waals surface area contributed by atoms with Gasteiger partial charge in [-0.05, 0) is 42.5 Å². The maximum absolute atomic E-state index is 13.1. The SMILES string of the molecule is C[N+]#CC1CCN(C(=O)c2cc3[nH]c(-c4cc(C)c5ncnn5c4)c(C(C)C)c3s2)C1. The number of likely N-dealkylation sites (tertiary alicyclic amines) is 1. The predicted molar refractivity (Wildman–Crippen MR) is 124 cm³/mol. The Bertz CT molecular complexity index is 1370. The molecule has 5 heterocycles. The number of aromatic amines is 1. The van der Waals surface area contributed by atoms with Crippen LogP contribution < -0.4 is 0 Å². The molecule has 7 nitrogen and oxygen atoms in total. The van der Waals surface area contributed by atoms with Crippen molar-refractivity contribution < 1.29 is 4.79 Å². The summed E-state index contributed by atoms with van der Waals surface area (Å²) in [6, 6.07) is 7.23. The molecular formula is C23H25N6OS+. The molecule has 0 spiro atoms. The van der Waals surface area contributed by atoms with E-state index in [2.05, 4.69) is 52.8 Å². The summed E-state index contributed by atoms with van der Waals surface area (Å²) in [4.78, 5) is 27.7. The molecule has 0 aliphatic carbocycles. The molecule has 1 amide bonds. The van der Waals surface area contributed by atoms with Crippen molar-refractivity contribution in [3.63, 3.8) is 0 Å². The molecule has 8 heteroatoms. The first kappa shape index (κ1) is 19.8. The average Bonchev–Trinajstić information content (AvgIpc) is 3.49.